The Kier molecular flexibility index (Phi) is 5.31. The van der Waals surface area contributed by atoms with Gasteiger partial charge in [0.15, 0.2) is 0 Å². The highest BCUT2D eigenvalue weighted by Crippen LogP contribution is 2.25. The molecule has 22 heavy (non-hydrogen) atoms. The molecule has 0 heterocycles. The lowest BCUT2D eigenvalue weighted by atomic mass is 10.0. The van der Waals surface area contributed by atoms with Gasteiger partial charge in [0, 0.05) is 5.57 Å². The van der Waals surface area contributed by atoms with E-state index in [2.05, 4.69) is 0 Å². The Labute approximate surface area is 128 Å². The monoisotopic (exact) mass is 300 g/mol. The average Bonchev–Trinajstić information content (AvgIpc) is 2.55. The highest BCUT2D eigenvalue weighted by molar-refractivity contribution is 5.94. The SMILES string of the molecule is CCC(=C(F)C(=O)O)c1ccc(OCc2ccccc2)cc1. The van der Waals surface area contributed by atoms with E-state index in [1.165, 1.54) is 0 Å². The van der Waals surface area contributed by atoms with Crippen LogP contribution < -0.4 is 4.74 Å². The molecule has 0 aliphatic carbocycles. The molecule has 0 fully saturated rings. The predicted molar refractivity (Wildman–Crippen MR) is 83.2 cm³/mol. The van der Waals surface area contributed by atoms with Gasteiger partial charge in [-0.2, -0.15) is 4.39 Å². The van der Waals surface area contributed by atoms with Crippen LogP contribution in [0.25, 0.3) is 5.57 Å². The topological polar surface area (TPSA) is 46.5 Å². The molecule has 2 rings (SSSR count). The van der Waals surface area contributed by atoms with Crippen LogP contribution in [0.4, 0.5) is 4.39 Å². The maximum Gasteiger partial charge on any atom is 0.365 e. The minimum absolute atomic E-state index is 0.183. The lowest BCUT2D eigenvalue weighted by molar-refractivity contribution is -0.134. The van der Waals surface area contributed by atoms with E-state index in [1.807, 2.05) is 30.3 Å². The second-order valence-corrected chi connectivity index (χ2v) is 4.75. The summed E-state index contributed by atoms with van der Waals surface area (Å²) < 4.78 is 19.2. The van der Waals surface area contributed by atoms with Crippen LogP contribution in [0.5, 0.6) is 5.75 Å². The molecule has 114 valence electrons. The molecular formula is C18H17FO3. The van der Waals surface area contributed by atoms with E-state index < -0.39 is 11.8 Å². The van der Waals surface area contributed by atoms with Crippen molar-refractivity contribution < 1.29 is 19.0 Å². The third-order valence-corrected chi connectivity index (χ3v) is 3.26. The normalized spacial score (nSPS) is 11.7. The first-order chi connectivity index (χ1) is 10.6. The third-order valence-electron chi connectivity index (χ3n) is 3.26. The van der Waals surface area contributed by atoms with Gasteiger partial charge in [0.2, 0.25) is 5.83 Å². The maximum absolute atomic E-state index is 13.6. The fraction of sp³-hybridized carbons (Fsp3) is 0.167. The van der Waals surface area contributed by atoms with Gasteiger partial charge in [-0.1, -0.05) is 49.4 Å². The van der Waals surface area contributed by atoms with Crippen molar-refractivity contribution in [3.63, 3.8) is 0 Å². The molecule has 4 heteroatoms. The zero-order chi connectivity index (χ0) is 15.9. The lowest BCUT2D eigenvalue weighted by Gasteiger charge is -2.09. The Morgan fingerprint density at radius 1 is 1.09 bits per heavy atom. The maximum atomic E-state index is 13.6. The molecule has 0 bridgehead atoms. The van der Waals surface area contributed by atoms with Crippen LogP contribution in [0, 0.1) is 0 Å². The van der Waals surface area contributed by atoms with E-state index in [4.69, 9.17) is 9.84 Å². The van der Waals surface area contributed by atoms with E-state index in [0.717, 1.165) is 5.56 Å². The molecule has 0 unspecified atom stereocenters. The number of hydrogen-bond donors (Lipinski definition) is 1. The van der Waals surface area contributed by atoms with Crippen LogP contribution in [0.2, 0.25) is 0 Å². The number of benzene rings is 2. The fourth-order valence-electron chi connectivity index (χ4n) is 2.11. The average molecular weight is 300 g/mol. The Hall–Kier alpha value is -2.62. The molecule has 0 saturated carbocycles. The third kappa shape index (κ3) is 3.95. The molecule has 0 aliphatic heterocycles. The summed E-state index contributed by atoms with van der Waals surface area (Å²) in [6, 6.07) is 16.5. The van der Waals surface area contributed by atoms with Gasteiger partial charge >= 0.3 is 5.97 Å². The number of allylic oxidation sites excluding steroid dienone is 1. The quantitative estimate of drug-likeness (QED) is 0.802. The van der Waals surface area contributed by atoms with Crippen LogP contribution in [0.15, 0.2) is 60.4 Å². The second kappa shape index (κ2) is 7.41. The molecule has 0 atom stereocenters. The largest absolute Gasteiger partial charge is 0.489 e. The first-order valence-corrected chi connectivity index (χ1v) is 7.01. The molecule has 0 saturated heterocycles. The Balaban J connectivity index is 2.10. The van der Waals surface area contributed by atoms with Crippen molar-refractivity contribution in [2.45, 2.75) is 20.0 Å². The van der Waals surface area contributed by atoms with Crippen molar-refractivity contribution in [2.75, 3.05) is 0 Å². The summed E-state index contributed by atoms with van der Waals surface area (Å²) in [6.07, 6.45) is 0.308. The molecule has 0 radical (unpaired) electrons. The number of aliphatic carboxylic acids is 1. The van der Waals surface area contributed by atoms with Crippen LogP contribution in [-0.2, 0) is 11.4 Å². The van der Waals surface area contributed by atoms with Crippen LogP contribution in [0.3, 0.4) is 0 Å². The van der Waals surface area contributed by atoms with Gasteiger partial charge in [-0.25, -0.2) is 4.79 Å². The molecule has 1 N–H and O–H groups in total. The minimum atomic E-state index is -1.54. The van der Waals surface area contributed by atoms with E-state index >= 15 is 0 Å². The smallest absolute Gasteiger partial charge is 0.365 e. The van der Waals surface area contributed by atoms with E-state index in [9.17, 15) is 9.18 Å². The number of carbonyl (C=O) groups is 1. The zero-order valence-corrected chi connectivity index (χ0v) is 12.3. The summed E-state index contributed by atoms with van der Waals surface area (Å²) >= 11 is 0. The molecule has 0 amide bonds. The van der Waals surface area contributed by atoms with Gasteiger partial charge in [0.25, 0.3) is 0 Å². The lowest BCUT2D eigenvalue weighted by Crippen LogP contribution is -2.00. The Bertz CT molecular complexity index is 660. The molecule has 2 aromatic carbocycles. The first kappa shape index (κ1) is 15.8. The van der Waals surface area contributed by atoms with Crippen molar-refractivity contribution >= 4 is 11.5 Å². The van der Waals surface area contributed by atoms with Gasteiger partial charge < -0.3 is 9.84 Å². The molecule has 0 spiro atoms. The number of rotatable bonds is 6. The number of halogens is 1. The summed E-state index contributed by atoms with van der Waals surface area (Å²) in [6.45, 7) is 2.16. The van der Waals surface area contributed by atoms with Gasteiger partial charge in [0.05, 0.1) is 0 Å². The predicted octanol–water partition coefficient (Wildman–Crippen LogP) is 4.44. The van der Waals surface area contributed by atoms with E-state index in [1.54, 1.807) is 31.2 Å². The summed E-state index contributed by atoms with van der Waals surface area (Å²) in [5.74, 6) is -2.00. The highest BCUT2D eigenvalue weighted by Gasteiger charge is 2.14. The van der Waals surface area contributed by atoms with Crippen LogP contribution in [-0.4, -0.2) is 11.1 Å². The van der Waals surface area contributed by atoms with Crippen molar-refractivity contribution in [3.8, 4) is 5.75 Å². The number of ether oxygens (including phenoxy) is 1. The minimum Gasteiger partial charge on any atom is -0.489 e. The Morgan fingerprint density at radius 2 is 1.73 bits per heavy atom. The standard InChI is InChI=1S/C18H17FO3/c1-2-16(17(19)18(20)21)14-8-10-15(11-9-14)22-12-13-6-4-3-5-7-13/h3-11H,2,12H2,1H3,(H,20,21). The molecular weight excluding hydrogens is 283 g/mol. The zero-order valence-electron chi connectivity index (χ0n) is 12.3. The van der Waals surface area contributed by atoms with Gasteiger partial charge in [-0.3, -0.25) is 0 Å². The number of carboxylic acid groups (broad SMARTS) is 1. The highest BCUT2D eigenvalue weighted by atomic mass is 19.1. The van der Waals surface area contributed by atoms with E-state index in [0.29, 0.717) is 24.3 Å². The van der Waals surface area contributed by atoms with Crippen LogP contribution >= 0.6 is 0 Å². The first-order valence-electron chi connectivity index (χ1n) is 7.01. The fourth-order valence-corrected chi connectivity index (χ4v) is 2.11. The summed E-state index contributed by atoms with van der Waals surface area (Å²) in [7, 11) is 0. The molecule has 2 aromatic rings. The van der Waals surface area contributed by atoms with Crippen molar-refractivity contribution in [1.82, 2.24) is 0 Å². The van der Waals surface area contributed by atoms with Gasteiger partial charge in [0.1, 0.15) is 12.4 Å². The van der Waals surface area contributed by atoms with Crippen molar-refractivity contribution in [3.05, 3.63) is 71.6 Å². The second-order valence-electron chi connectivity index (χ2n) is 4.75. The summed E-state index contributed by atoms with van der Waals surface area (Å²) in [5.41, 5.74) is 1.79. The molecule has 0 aromatic heterocycles. The van der Waals surface area contributed by atoms with E-state index in [-0.39, 0.29) is 5.57 Å². The molecule has 3 nitrogen and oxygen atoms in total. The summed E-state index contributed by atoms with van der Waals surface area (Å²) in [5, 5.41) is 8.75. The van der Waals surface area contributed by atoms with Crippen molar-refractivity contribution in [2.24, 2.45) is 0 Å². The van der Waals surface area contributed by atoms with Gasteiger partial charge in [-0.15, -0.1) is 0 Å². The van der Waals surface area contributed by atoms with Crippen molar-refractivity contribution in [1.29, 1.82) is 0 Å². The van der Waals surface area contributed by atoms with Crippen LogP contribution in [0.1, 0.15) is 24.5 Å². The number of carboxylic acids is 1. The number of hydrogen-bond acceptors (Lipinski definition) is 2. The van der Waals surface area contributed by atoms with Gasteiger partial charge in [-0.05, 0) is 29.7 Å². The Morgan fingerprint density at radius 3 is 2.27 bits per heavy atom. The molecule has 0 aliphatic rings. The summed E-state index contributed by atoms with van der Waals surface area (Å²) in [4.78, 5) is 10.7.